The van der Waals surface area contributed by atoms with Gasteiger partial charge in [0.1, 0.15) is 4.90 Å². The topological polar surface area (TPSA) is 84.0 Å². The van der Waals surface area contributed by atoms with E-state index in [1.54, 1.807) is 4.90 Å². The molecule has 9 heteroatoms. The number of anilines is 1. The van der Waals surface area contributed by atoms with E-state index in [0.29, 0.717) is 19.6 Å². The Bertz CT molecular complexity index is 1180. The number of benzene rings is 2. The van der Waals surface area contributed by atoms with Gasteiger partial charge >= 0.3 is 5.97 Å². The predicted octanol–water partition coefficient (Wildman–Crippen LogP) is 3.90. The number of carbonyl (C=O) groups is 2. The number of hydrogen-bond donors (Lipinski definition) is 0. The third-order valence-electron chi connectivity index (χ3n) is 6.19. The zero-order valence-electron chi connectivity index (χ0n) is 18.7. The van der Waals surface area contributed by atoms with Gasteiger partial charge in [-0.3, -0.25) is 4.79 Å². The normalized spacial score (nSPS) is 19.7. The fourth-order valence-electron chi connectivity index (χ4n) is 4.40. The van der Waals surface area contributed by atoms with Gasteiger partial charge < -0.3 is 9.64 Å². The number of para-hydroxylation sites is 1. The third-order valence-corrected chi connectivity index (χ3v) is 8.54. The van der Waals surface area contributed by atoms with Crippen LogP contribution in [0.15, 0.2) is 47.4 Å². The molecule has 1 fully saturated rings. The van der Waals surface area contributed by atoms with Crippen molar-refractivity contribution in [2.24, 2.45) is 5.92 Å². The smallest absolute Gasteiger partial charge is 0.338 e. The minimum absolute atomic E-state index is 0.0319. The van der Waals surface area contributed by atoms with E-state index in [1.807, 2.05) is 31.2 Å². The Kier molecular flexibility index (Phi) is 6.79. The van der Waals surface area contributed by atoms with E-state index in [1.165, 1.54) is 29.4 Å². The van der Waals surface area contributed by atoms with E-state index in [0.717, 1.165) is 30.5 Å². The summed E-state index contributed by atoms with van der Waals surface area (Å²) < 4.78 is 33.2. The molecule has 0 saturated carbocycles. The lowest BCUT2D eigenvalue weighted by atomic mass is 10.0. The number of sulfonamides is 1. The van der Waals surface area contributed by atoms with Crippen LogP contribution >= 0.6 is 11.6 Å². The summed E-state index contributed by atoms with van der Waals surface area (Å²) in [5.74, 6) is -0.844. The quantitative estimate of drug-likeness (QED) is 0.593. The van der Waals surface area contributed by atoms with Crippen molar-refractivity contribution in [3.8, 4) is 0 Å². The molecule has 2 aromatic carbocycles. The van der Waals surface area contributed by atoms with Crippen LogP contribution in [0.2, 0.25) is 5.02 Å². The number of carbonyl (C=O) groups excluding carboxylic acids is 2. The molecule has 2 aromatic rings. The van der Waals surface area contributed by atoms with Crippen LogP contribution in [0.1, 0.15) is 42.6 Å². The number of esters is 1. The molecule has 2 aliphatic rings. The summed E-state index contributed by atoms with van der Waals surface area (Å²) in [4.78, 5) is 27.2. The number of hydrogen-bond acceptors (Lipinski definition) is 5. The van der Waals surface area contributed by atoms with Crippen molar-refractivity contribution in [1.29, 1.82) is 0 Å². The average molecular weight is 491 g/mol. The Labute approximate surface area is 199 Å². The summed E-state index contributed by atoms with van der Waals surface area (Å²) in [7, 11) is -3.85. The van der Waals surface area contributed by atoms with Gasteiger partial charge in [0.25, 0.3) is 5.91 Å². The molecule has 176 valence electrons. The highest BCUT2D eigenvalue weighted by molar-refractivity contribution is 7.89. The minimum Gasteiger partial charge on any atom is -0.449 e. The number of amides is 1. The summed E-state index contributed by atoms with van der Waals surface area (Å²) >= 11 is 6.21. The van der Waals surface area contributed by atoms with Crippen LogP contribution in [0.3, 0.4) is 0 Å². The molecular weight excluding hydrogens is 464 g/mol. The highest BCUT2D eigenvalue weighted by atomic mass is 35.5. The molecule has 4 rings (SSSR count). The molecule has 2 aliphatic heterocycles. The van der Waals surface area contributed by atoms with Gasteiger partial charge in [-0.05, 0) is 61.9 Å². The van der Waals surface area contributed by atoms with Gasteiger partial charge in [-0.25, -0.2) is 13.2 Å². The Morgan fingerprint density at radius 2 is 1.91 bits per heavy atom. The van der Waals surface area contributed by atoms with Crippen molar-refractivity contribution in [3.63, 3.8) is 0 Å². The van der Waals surface area contributed by atoms with Gasteiger partial charge in [-0.2, -0.15) is 4.31 Å². The highest BCUT2D eigenvalue weighted by Crippen LogP contribution is 2.30. The minimum atomic E-state index is -3.85. The molecule has 2 heterocycles. The predicted molar refractivity (Wildman–Crippen MR) is 126 cm³/mol. The van der Waals surface area contributed by atoms with Crippen molar-refractivity contribution >= 4 is 39.2 Å². The Balaban J connectivity index is 1.50. The van der Waals surface area contributed by atoms with Gasteiger partial charge in [0.05, 0.1) is 10.6 Å². The Morgan fingerprint density at radius 1 is 1.15 bits per heavy atom. The lowest BCUT2D eigenvalue weighted by molar-refractivity contribution is -0.126. The van der Waals surface area contributed by atoms with E-state index in [2.05, 4.69) is 0 Å². The Morgan fingerprint density at radius 3 is 2.67 bits per heavy atom. The maximum Gasteiger partial charge on any atom is 0.338 e. The van der Waals surface area contributed by atoms with Crippen LogP contribution < -0.4 is 4.90 Å². The summed E-state index contributed by atoms with van der Waals surface area (Å²) in [6, 6.07) is 11.6. The average Bonchev–Trinajstić information content (AvgIpc) is 3.22. The molecule has 0 bridgehead atoms. The maximum absolute atomic E-state index is 13.2. The van der Waals surface area contributed by atoms with Gasteiger partial charge in [0, 0.05) is 25.3 Å². The van der Waals surface area contributed by atoms with Crippen molar-refractivity contribution in [3.05, 3.63) is 58.6 Å². The van der Waals surface area contributed by atoms with E-state index < -0.39 is 22.1 Å². The first kappa shape index (κ1) is 23.7. The summed E-state index contributed by atoms with van der Waals surface area (Å²) in [5, 5.41) is 0.0441. The molecular formula is C24H27ClN2O5S. The lowest BCUT2D eigenvalue weighted by Crippen LogP contribution is -2.39. The summed E-state index contributed by atoms with van der Waals surface area (Å²) in [6.45, 7) is 4.88. The number of rotatable bonds is 5. The van der Waals surface area contributed by atoms with E-state index in [-0.39, 0.29) is 27.3 Å². The molecule has 0 aromatic heterocycles. The van der Waals surface area contributed by atoms with Crippen molar-refractivity contribution in [2.45, 2.75) is 44.1 Å². The summed E-state index contributed by atoms with van der Waals surface area (Å²) in [6.07, 6.45) is 1.47. The Hall–Kier alpha value is -2.42. The monoisotopic (exact) mass is 490 g/mol. The van der Waals surface area contributed by atoms with Crippen LogP contribution in [-0.4, -0.2) is 50.3 Å². The number of piperidine rings is 1. The molecule has 0 N–H and O–H groups in total. The molecule has 0 radical (unpaired) electrons. The molecule has 7 nitrogen and oxygen atoms in total. The molecule has 1 saturated heterocycles. The fourth-order valence-corrected chi connectivity index (χ4v) is 6.50. The molecule has 2 atom stereocenters. The first-order valence-corrected chi connectivity index (χ1v) is 12.9. The molecule has 0 aliphatic carbocycles. The molecule has 0 unspecified atom stereocenters. The van der Waals surface area contributed by atoms with Crippen LogP contribution in [0.25, 0.3) is 0 Å². The number of fused-ring (bicyclic) bond motifs is 1. The van der Waals surface area contributed by atoms with E-state index >= 15 is 0 Å². The van der Waals surface area contributed by atoms with Crippen molar-refractivity contribution in [2.75, 3.05) is 24.5 Å². The van der Waals surface area contributed by atoms with E-state index in [9.17, 15) is 18.0 Å². The van der Waals surface area contributed by atoms with Crippen LogP contribution in [-0.2, 0) is 26.0 Å². The largest absolute Gasteiger partial charge is 0.449 e. The maximum atomic E-state index is 13.2. The SMILES string of the molecule is C[C@H]1CCCN(S(=O)(=O)c2cc(C(=O)O[C@@H](C)C(=O)N3CCc4ccccc43)ccc2Cl)C1. The number of halogens is 1. The molecule has 0 spiro atoms. The first-order chi connectivity index (χ1) is 15.7. The number of nitrogens with zero attached hydrogens (tertiary/aromatic N) is 2. The zero-order valence-corrected chi connectivity index (χ0v) is 20.2. The summed E-state index contributed by atoms with van der Waals surface area (Å²) in [5.41, 5.74) is 1.93. The second kappa shape index (κ2) is 9.44. The third kappa shape index (κ3) is 4.78. The van der Waals surface area contributed by atoms with E-state index in [4.69, 9.17) is 16.3 Å². The van der Waals surface area contributed by atoms with Gasteiger partial charge in [0.15, 0.2) is 6.10 Å². The van der Waals surface area contributed by atoms with Crippen LogP contribution in [0, 0.1) is 5.92 Å². The lowest BCUT2D eigenvalue weighted by Gasteiger charge is -2.30. The van der Waals surface area contributed by atoms with Crippen LogP contribution in [0.5, 0.6) is 0 Å². The van der Waals surface area contributed by atoms with Crippen molar-refractivity contribution < 1.29 is 22.7 Å². The zero-order chi connectivity index (χ0) is 23.8. The molecule has 33 heavy (non-hydrogen) atoms. The molecule has 1 amide bonds. The second-order valence-electron chi connectivity index (χ2n) is 8.67. The fraction of sp³-hybridized carbons (Fsp3) is 0.417. The van der Waals surface area contributed by atoms with Gasteiger partial charge in [-0.15, -0.1) is 0 Å². The standard InChI is InChI=1S/C24H27ClN2O5S/c1-16-6-5-12-26(15-16)33(30,31)22-14-19(9-10-20(22)25)24(29)32-17(2)23(28)27-13-11-18-7-3-4-8-21(18)27/h3-4,7-10,14,16-17H,5-6,11-13,15H2,1-2H3/t16-,17-/m0/s1. The van der Waals surface area contributed by atoms with Crippen molar-refractivity contribution in [1.82, 2.24) is 4.31 Å². The van der Waals surface area contributed by atoms with Gasteiger partial charge in [0.2, 0.25) is 10.0 Å². The van der Waals surface area contributed by atoms with Crippen LogP contribution in [0.4, 0.5) is 5.69 Å². The first-order valence-electron chi connectivity index (χ1n) is 11.1. The second-order valence-corrected chi connectivity index (χ2v) is 11.0. The highest BCUT2D eigenvalue weighted by Gasteiger charge is 2.33. The number of ether oxygens (including phenoxy) is 1. The van der Waals surface area contributed by atoms with Gasteiger partial charge in [-0.1, -0.05) is 36.7 Å².